The van der Waals surface area contributed by atoms with Crippen molar-refractivity contribution in [2.45, 2.75) is 84.3 Å². The molecular formula is C23H36N6O3. The molecule has 176 valence electrons. The van der Waals surface area contributed by atoms with Gasteiger partial charge in [-0.15, -0.1) is 0 Å². The summed E-state index contributed by atoms with van der Waals surface area (Å²) in [5.74, 6) is 2.27. The molecule has 0 saturated heterocycles. The first kappa shape index (κ1) is 22.8. The van der Waals surface area contributed by atoms with Gasteiger partial charge in [-0.1, -0.05) is 13.8 Å². The van der Waals surface area contributed by atoms with Crippen LogP contribution in [0.1, 0.15) is 71.0 Å². The standard InChI is InChI=1S/C23H36N6O3/c1-4-10-28-21-19(22(31)29(11-5-2)23(28)32)26-20(27-21)17-12-15-6-7-16(13-17)18(15)25-9-8-24-14(3)30/h15-18,25H,4-13H2,1-3H3,(H,24,30)(H,26,27). The van der Waals surface area contributed by atoms with Gasteiger partial charge in [0.1, 0.15) is 11.3 Å². The number of hydrogen-bond donors (Lipinski definition) is 3. The Balaban J connectivity index is 1.57. The van der Waals surface area contributed by atoms with Crippen molar-refractivity contribution in [3.05, 3.63) is 26.7 Å². The number of imidazole rings is 1. The van der Waals surface area contributed by atoms with Gasteiger partial charge in [0.05, 0.1) is 0 Å². The van der Waals surface area contributed by atoms with Crippen LogP contribution < -0.4 is 21.9 Å². The first-order chi connectivity index (χ1) is 15.4. The van der Waals surface area contributed by atoms with Crippen LogP contribution in [0, 0.1) is 11.8 Å². The van der Waals surface area contributed by atoms with E-state index in [1.165, 1.54) is 17.4 Å². The number of H-pyrrole nitrogens is 1. The van der Waals surface area contributed by atoms with E-state index < -0.39 is 0 Å². The second-order valence-electron chi connectivity index (χ2n) is 9.44. The third-order valence-corrected chi connectivity index (χ3v) is 7.14. The quantitative estimate of drug-likeness (QED) is 0.510. The summed E-state index contributed by atoms with van der Waals surface area (Å²) in [6.07, 6.45) is 5.98. The van der Waals surface area contributed by atoms with Crippen LogP contribution in [-0.2, 0) is 17.9 Å². The van der Waals surface area contributed by atoms with E-state index in [2.05, 4.69) is 15.6 Å². The minimum atomic E-state index is -0.255. The van der Waals surface area contributed by atoms with Gasteiger partial charge < -0.3 is 15.6 Å². The average Bonchev–Trinajstić information content (AvgIpc) is 3.30. The summed E-state index contributed by atoms with van der Waals surface area (Å²) >= 11 is 0. The van der Waals surface area contributed by atoms with E-state index in [1.54, 1.807) is 11.5 Å². The molecule has 0 aliphatic heterocycles. The third kappa shape index (κ3) is 4.27. The van der Waals surface area contributed by atoms with Crippen LogP contribution in [0.5, 0.6) is 0 Å². The number of nitrogens with zero attached hydrogens (tertiary/aromatic N) is 3. The minimum Gasteiger partial charge on any atom is -0.355 e. The fourth-order valence-electron chi connectivity index (χ4n) is 5.79. The number of carbonyl (C=O) groups excluding carboxylic acids is 1. The van der Waals surface area contributed by atoms with Crippen LogP contribution >= 0.6 is 0 Å². The molecule has 3 N–H and O–H groups in total. The zero-order chi connectivity index (χ0) is 22.8. The van der Waals surface area contributed by atoms with Gasteiger partial charge in [-0.05, 0) is 50.4 Å². The summed E-state index contributed by atoms with van der Waals surface area (Å²) in [7, 11) is 0. The Hall–Kier alpha value is -2.42. The highest BCUT2D eigenvalue weighted by Crippen LogP contribution is 2.48. The first-order valence-electron chi connectivity index (χ1n) is 12.2. The van der Waals surface area contributed by atoms with Crippen LogP contribution in [0.4, 0.5) is 0 Å². The molecule has 2 aromatic rings. The molecule has 32 heavy (non-hydrogen) atoms. The molecule has 0 radical (unpaired) electrons. The summed E-state index contributed by atoms with van der Waals surface area (Å²) in [4.78, 5) is 45.2. The highest BCUT2D eigenvalue weighted by Gasteiger charge is 2.43. The maximum atomic E-state index is 13.0. The molecule has 0 aromatic carbocycles. The number of aromatic nitrogens is 4. The summed E-state index contributed by atoms with van der Waals surface area (Å²) < 4.78 is 3.01. The van der Waals surface area contributed by atoms with Gasteiger partial charge in [-0.3, -0.25) is 18.7 Å². The number of nitrogens with one attached hydrogen (secondary N) is 3. The lowest BCUT2D eigenvalue weighted by molar-refractivity contribution is -0.118. The molecule has 2 unspecified atom stereocenters. The molecule has 2 aliphatic rings. The Morgan fingerprint density at radius 2 is 1.72 bits per heavy atom. The SMILES string of the molecule is CCCn1c(=O)c2[nH]c(C3CC4CCC(C3)C4NCCNC(C)=O)nc2n(CCC)c1=O. The summed E-state index contributed by atoms with van der Waals surface area (Å²) in [5, 5.41) is 6.51. The maximum Gasteiger partial charge on any atom is 0.332 e. The highest BCUT2D eigenvalue weighted by molar-refractivity contribution is 5.72. The topological polar surface area (TPSA) is 114 Å². The van der Waals surface area contributed by atoms with Crippen molar-refractivity contribution in [2.75, 3.05) is 13.1 Å². The van der Waals surface area contributed by atoms with E-state index in [1.807, 2.05) is 13.8 Å². The van der Waals surface area contributed by atoms with Crippen molar-refractivity contribution in [2.24, 2.45) is 11.8 Å². The summed E-state index contributed by atoms with van der Waals surface area (Å²) in [5.41, 5.74) is 0.460. The number of hydrogen-bond acceptors (Lipinski definition) is 5. The fraction of sp³-hybridized carbons (Fsp3) is 0.739. The first-order valence-corrected chi connectivity index (χ1v) is 12.2. The number of aromatic amines is 1. The lowest BCUT2D eigenvalue weighted by Gasteiger charge is -2.35. The van der Waals surface area contributed by atoms with Gasteiger partial charge in [0.2, 0.25) is 5.91 Å². The van der Waals surface area contributed by atoms with Gasteiger partial charge in [-0.2, -0.15) is 0 Å². The maximum absolute atomic E-state index is 13.0. The van der Waals surface area contributed by atoms with Gasteiger partial charge in [0, 0.05) is 45.1 Å². The molecule has 2 heterocycles. The molecule has 0 spiro atoms. The van der Waals surface area contributed by atoms with Crippen LogP contribution in [-0.4, -0.2) is 44.1 Å². The van der Waals surface area contributed by atoms with Crippen molar-refractivity contribution in [3.63, 3.8) is 0 Å². The number of aryl methyl sites for hydroxylation is 1. The predicted octanol–water partition coefficient (Wildman–Crippen LogP) is 1.70. The lowest BCUT2D eigenvalue weighted by Crippen LogP contribution is -2.44. The Morgan fingerprint density at radius 1 is 1.06 bits per heavy atom. The Labute approximate surface area is 188 Å². The largest absolute Gasteiger partial charge is 0.355 e. The molecule has 2 bridgehead atoms. The molecular weight excluding hydrogens is 408 g/mol. The van der Waals surface area contributed by atoms with E-state index in [0.717, 1.165) is 38.1 Å². The van der Waals surface area contributed by atoms with Crippen molar-refractivity contribution in [1.29, 1.82) is 0 Å². The van der Waals surface area contributed by atoms with Gasteiger partial charge >= 0.3 is 5.69 Å². The van der Waals surface area contributed by atoms with Crippen LogP contribution in [0.3, 0.4) is 0 Å². The molecule has 9 heteroatoms. The smallest absolute Gasteiger partial charge is 0.332 e. The van der Waals surface area contributed by atoms with E-state index >= 15 is 0 Å². The van der Waals surface area contributed by atoms with Crippen LogP contribution in [0.25, 0.3) is 11.2 Å². The fourth-order valence-corrected chi connectivity index (χ4v) is 5.79. The van der Waals surface area contributed by atoms with E-state index in [0.29, 0.717) is 48.7 Å². The van der Waals surface area contributed by atoms with Crippen LogP contribution in [0.2, 0.25) is 0 Å². The second-order valence-corrected chi connectivity index (χ2v) is 9.44. The number of carbonyl (C=O) groups is 1. The zero-order valence-corrected chi connectivity index (χ0v) is 19.4. The molecule has 4 rings (SSSR count). The van der Waals surface area contributed by atoms with Crippen molar-refractivity contribution >= 4 is 17.1 Å². The zero-order valence-electron chi connectivity index (χ0n) is 19.4. The average molecular weight is 445 g/mol. The second kappa shape index (κ2) is 9.60. The van der Waals surface area contributed by atoms with Gasteiger partial charge in [-0.25, -0.2) is 9.78 Å². The Kier molecular flexibility index (Phi) is 6.83. The lowest BCUT2D eigenvalue weighted by atomic mass is 9.77. The van der Waals surface area contributed by atoms with Gasteiger partial charge in [0.25, 0.3) is 5.56 Å². The van der Waals surface area contributed by atoms with Crippen molar-refractivity contribution in [1.82, 2.24) is 29.7 Å². The molecule has 9 nitrogen and oxygen atoms in total. The van der Waals surface area contributed by atoms with E-state index in [-0.39, 0.29) is 23.1 Å². The predicted molar refractivity (Wildman–Crippen MR) is 124 cm³/mol. The monoisotopic (exact) mass is 444 g/mol. The number of rotatable bonds is 9. The van der Waals surface area contributed by atoms with Crippen molar-refractivity contribution < 1.29 is 4.79 Å². The normalized spacial score (nSPS) is 24.8. The molecule has 2 atom stereocenters. The van der Waals surface area contributed by atoms with E-state index in [4.69, 9.17) is 4.98 Å². The highest BCUT2D eigenvalue weighted by atomic mass is 16.2. The summed E-state index contributed by atoms with van der Waals surface area (Å²) in [6, 6.07) is 0.476. The molecule has 1 amide bonds. The summed E-state index contributed by atoms with van der Waals surface area (Å²) in [6.45, 7) is 7.95. The molecule has 2 fully saturated rings. The van der Waals surface area contributed by atoms with Crippen molar-refractivity contribution in [3.8, 4) is 0 Å². The Morgan fingerprint density at radius 3 is 2.34 bits per heavy atom. The molecule has 2 aliphatic carbocycles. The molecule has 2 aromatic heterocycles. The molecule has 2 saturated carbocycles. The van der Waals surface area contributed by atoms with Gasteiger partial charge in [0.15, 0.2) is 5.65 Å². The number of amides is 1. The van der Waals surface area contributed by atoms with E-state index in [9.17, 15) is 14.4 Å². The minimum absolute atomic E-state index is 0.00270. The Bertz CT molecular complexity index is 1070. The van der Waals surface area contributed by atoms with Crippen LogP contribution in [0.15, 0.2) is 9.59 Å². The number of fused-ring (bicyclic) bond motifs is 3. The third-order valence-electron chi connectivity index (χ3n) is 7.14.